The molecule has 116 valence electrons. The first kappa shape index (κ1) is 13.8. The van der Waals surface area contributed by atoms with Crippen LogP contribution in [0.3, 0.4) is 0 Å². The number of aromatic nitrogens is 6. The molecule has 0 amide bonds. The molecule has 0 aliphatic rings. The van der Waals surface area contributed by atoms with Gasteiger partial charge in [0.1, 0.15) is 5.69 Å². The predicted molar refractivity (Wildman–Crippen MR) is 89.4 cm³/mol. The summed E-state index contributed by atoms with van der Waals surface area (Å²) in [5.41, 5.74) is 4.16. The van der Waals surface area contributed by atoms with Crippen molar-refractivity contribution in [2.24, 2.45) is 7.05 Å². The summed E-state index contributed by atoms with van der Waals surface area (Å²) in [4.78, 5) is 13.2. The smallest absolute Gasteiger partial charge is 0.162 e. The molecule has 0 aliphatic heterocycles. The minimum atomic E-state index is 0.331. The molecule has 23 heavy (non-hydrogen) atoms. The van der Waals surface area contributed by atoms with E-state index in [2.05, 4.69) is 50.1 Å². The van der Waals surface area contributed by atoms with Crippen LogP contribution in [-0.4, -0.2) is 28.7 Å². The fraction of sp³-hybridized carbons (Fsp3) is 0.235. The van der Waals surface area contributed by atoms with Crippen LogP contribution >= 0.6 is 0 Å². The summed E-state index contributed by atoms with van der Waals surface area (Å²) in [5.74, 6) is 0.887. The molecule has 1 aromatic carbocycles. The van der Waals surface area contributed by atoms with Crippen LogP contribution in [0.4, 0.5) is 0 Å². The van der Waals surface area contributed by atoms with E-state index < -0.39 is 0 Å². The quantitative estimate of drug-likeness (QED) is 0.584. The van der Waals surface area contributed by atoms with Crippen LogP contribution in [-0.2, 0) is 7.05 Å². The van der Waals surface area contributed by atoms with Gasteiger partial charge >= 0.3 is 0 Å². The van der Waals surface area contributed by atoms with Gasteiger partial charge in [-0.1, -0.05) is 0 Å². The van der Waals surface area contributed by atoms with Gasteiger partial charge < -0.3 is 9.13 Å². The van der Waals surface area contributed by atoms with E-state index in [0.717, 1.165) is 28.2 Å². The Balaban J connectivity index is 1.88. The van der Waals surface area contributed by atoms with Crippen LogP contribution < -0.4 is 0 Å². The van der Waals surface area contributed by atoms with Crippen LogP contribution in [0.25, 0.3) is 28.2 Å². The summed E-state index contributed by atoms with van der Waals surface area (Å²) >= 11 is 0. The first-order valence-corrected chi connectivity index (χ1v) is 7.62. The number of benzene rings is 1. The van der Waals surface area contributed by atoms with Crippen LogP contribution in [0.15, 0.2) is 49.4 Å². The zero-order chi connectivity index (χ0) is 16.0. The second-order valence-corrected chi connectivity index (χ2v) is 5.93. The molecule has 0 radical (unpaired) electrons. The lowest BCUT2D eigenvalue weighted by Gasteiger charge is -2.13. The van der Waals surface area contributed by atoms with Gasteiger partial charge in [-0.15, -0.1) is 0 Å². The molecule has 4 rings (SSSR count). The monoisotopic (exact) mass is 306 g/mol. The van der Waals surface area contributed by atoms with Crippen molar-refractivity contribution < 1.29 is 0 Å². The maximum Gasteiger partial charge on any atom is 0.162 e. The maximum atomic E-state index is 4.55. The number of nitrogens with zero attached hydrogens (tertiary/aromatic N) is 6. The average Bonchev–Trinajstić information content (AvgIpc) is 3.25. The molecule has 0 N–H and O–H groups in total. The molecular weight excluding hydrogens is 288 g/mol. The highest BCUT2D eigenvalue weighted by atomic mass is 15.1. The molecule has 0 spiro atoms. The van der Waals surface area contributed by atoms with Gasteiger partial charge in [-0.05, 0) is 32.0 Å². The summed E-state index contributed by atoms with van der Waals surface area (Å²) < 4.78 is 6.23. The molecule has 0 bridgehead atoms. The van der Waals surface area contributed by atoms with Crippen LogP contribution in [0.2, 0.25) is 0 Å². The third-order valence-corrected chi connectivity index (χ3v) is 4.08. The summed E-state index contributed by atoms with van der Waals surface area (Å²) in [6, 6.07) is 6.56. The molecule has 0 saturated heterocycles. The molecule has 3 heterocycles. The Morgan fingerprint density at radius 3 is 2.78 bits per heavy atom. The highest BCUT2D eigenvalue weighted by molar-refractivity contribution is 5.78. The standard InChI is InChI=1S/C17H18N6/c1-12(2)23-10-18-9-16(23)17-19-6-7-22(17)13-4-5-14-15(8-13)21(3)11-20-14/h4-12H,1-3H3. The third kappa shape index (κ3) is 2.14. The Morgan fingerprint density at radius 2 is 1.96 bits per heavy atom. The van der Waals surface area contributed by atoms with E-state index in [1.807, 2.05) is 48.9 Å². The SMILES string of the molecule is CC(C)n1cncc1-c1nccn1-c1ccc2ncn(C)c2c1. The van der Waals surface area contributed by atoms with Crippen LogP contribution in [0.5, 0.6) is 0 Å². The molecule has 4 aromatic rings. The lowest BCUT2D eigenvalue weighted by Crippen LogP contribution is -2.05. The van der Waals surface area contributed by atoms with Gasteiger partial charge in [-0.3, -0.25) is 4.57 Å². The zero-order valence-electron chi connectivity index (χ0n) is 13.4. The molecule has 0 saturated carbocycles. The zero-order valence-corrected chi connectivity index (χ0v) is 13.4. The minimum Gasteiger partial charge on any atom is -0.334 e. The topological polar surface area (TPSA) is 53.5 Å². The van der Waals surface area contributed by atoms with Crippen molar-refractivity contribution >= 4 is 11.0 Å². The third-order valence-electron chi connectivity index (χ3n) is 4.08. The molecule has 0 atom stereocenters. The number of aryl methyl sites for hydroxylation is 1. The van der Waals surface area contributed by atoms with Crippen molar-refractivity contribution in [2.75, 3.05) is 0 Å². The van der Waals surface area contributed by atoms with E-state index in [1.54, 1.807) is 0 Å². The van der Waals surface area contributed by atoms with Crippen LogP contribution in [0, 0.1) is 0 Å². The molecular formula is C17H18N6. The average molecular weight is 306 g/mol. The summed E-state index contributed by atoms with van der Waals surface area (Å²) in [5, 5.41) is 0. The highest BCUT2D eigenvalue weighted by Crippen LogP contribution is 2.25. The normalized spacial score (nSPS) is 11.7. The lowest BCUT2D eigenvalue weighted by atomic mass is 10.2. The van der Waals surface area contributed by atoms with Gasteiger partial charge in [0.15, 0.2) is 5.82 Å². The van der Waals surface area contributed by atoms with Gasteiger partial charge in [-0.25, -0.2) is 15.0 Å². The van der Waals surface area contributed by atoms with Crippen molar-refractivity contribution in [2.45, 2.75) is 19.9 Å². The number of imidazole rings is 3. The van der Waals surface area contributed by atoms with Gasteiger partial charge in [-0.2, -0.15) is 0 Å². The van der Waals surface area contributed by atoms with Crippen molar-refractivity contribution in [1.82, 2.24) is 28.7 Å². The first-order valence-electron chi connectivity index (χ1n) is 7.62. The van der Waals surface area contributed by atoms with E-state index >= 15 is 0 Å². The Morgan fingerprint density at radius 1 is 1.09 bits per heavy atom. The van der Waals surface area contributed by atoms with E-state index in [-0.39, 0.29) is 0 Å². The highest BCUT2D eigenvalue weighted by Gasteiger charge is 2.14. The second-order valence-electron chi connectivity index (χ2n) is 5.93. The molecule has 6 nitrogen and oxygen atoms in total. The van der Waals surface area contributed by atoms with Crippen molar-refractivity contribution in [1.29, 1.82) is 0 Å². The van der Waals surface area contributed by atoms with Crippen molar-refractivity contribution in [3.63, 3.8) is 0 Å². The van der Waals surface area contributed by atoms with Crippen LogP contribution in [0.1, 0.15) is 19.9 Å². The predicted octanol–water partition coefficient (Wildman–Crippen LogP) is 3.20. The summed E-state index contributed by atoms with van der Waals surface area (Å²) in [6.07, 6.45) is 9.34. The fourth-order valence-corrected chi connectivity index (χ4v) is 2.85. The molecule has 0 unspecified atom stereocenters. The van der Waals surface area contributed by atoms with E-state index in [9.17, 15) is 0 Å². The molecule has 6 heteroatoms. The molecule has 0 fully saturated rings. The minimum absolute atomic E-state index is 0.331. The van der Waals surface area contributed by atoms with Gasteiger partial charge in [0, 0.05) is 31.2 Å². The molecule has 0 aliphatic carbocycles. The molecule has 3 aromatic heterocycles. The maximum absolute atomic E-state index is 4.55. The van der Waals surface area contributed by atoms with E-state index in [0.29, 0.717) is 6.04 Å². The largest absolute Gasteiger partial charge is 0.334 e. The number of hydrogen-bond acceptors (Lipinski definition) is 3. The van der Waals surface area contributed by atoms with E-state index in [1.165, 1.54) is 0 Å². The fourth-order valence-electron chi connectivity index (χ4n) is 2.85. The van der Waals surface area contributed by atoms with Crippen molar-refractivity contribution in [3.8, 4) is 17.2 Å². The summed E-state index contributed by atoms with van der Waals surface area (Å²) in [6.45, 7) is 4.28. The summed E-state index contributed by atoms with van der Waals surface area (Å²) in [7, 11) is 2.00. The Labute approximate surface area is 134 Å². The Hall–Kier alpha value is -2.89. The van der Waals surface area contributed by atoms with Gasteiger partial charge in [0.25, 0.3) is 0 Å². The van der Waals surface area contributed by atoms with E-state index in [4.69, 9.17) is 0 Å². The first-order chi connectivity index (χ1) is 11.1. The Bertz CT molecular complexity index is 972. The number of fused-ring (bicyclic) bond motifs is 1. The second kappa shape index (κ2) is 5.08. The van der Waals surface area contributed by atoms with Crippen molar-refractivity contribution in [3.05, 3.63) is 49.4 Å². The number of hydrogen-bond donors (Lipinski definition) is 0. The number of rotatable bonds is 3. The van der Waals surface area contributed by atoms with Gasteiger partial charge in [0.05, 0.1) is 29.9 Å². The Kier molecular flexibility index (Phi) is 3.04. The lowest BCUT2D eigenvalue weighted by molar-refractivity contribution is 0.603. The van der Waals surface area contributed by atoms with Gasteiger partial charge in [0.2, 0.25) is 0 Å².